The highest BCUT2D eigenvalue weighted by molar-refractivity contribution is 7.14. The Hall–Kier alpha value is -2.18. The third kappa shape index (κ3) is 3.27. The highest BCUT2D eigenvalue weighted by Crippen LogP contribution is 2.54. The van der Waals surface area contributed by atoms with Gasteiger partial charge >= 0.3 is 5.97 Å². The van der Waals surface area contributed by atoms with Gasteiger partial charge in [-0.05, 0) is 29.5 Å². The molecule has 1 aliphatic carbocycles. The predicted octanol–water partition coefficient (Wildman–Crippen LogP) is 2.33. The first-order chi connectivity index (χ1) is 12.7. The highest BCUT2D eigenvalue weighted by Gasteiger charge is 2.56. The summed E-state index contributed by atoms with van der Waals surface area (Å²) in [7, 11) is 1.42. The summed E-state index contributed by atoms with van der Waals surface area (Å²) in [5.74, 6) is -0.222. The van der Waals surface area contributed by atoms with Crippen molar-refractivity contribution in [1.82, 2.24) is 10.6 Å². The van der Waals surface area contributed by atoms with Crippen LogP contribution in [0.15, 0.2) is 36.4 Å². The fraction of sp³-hybridized carbons (Fsp3) is 0.400. The van der Waals surface area contributed by atoms with Crippen molar-refractivity contribution in [2.45, 2.75) is 18.9 Å². The Kier molecular flexibility index (Phi) is 4.78. The number of hydrogen-bond acceptors (Lipinski definition) is 5. The second kappa shape index (κ2) is 7.21. The number of methoxy groups -OCH3 is 1. The van der Waals surface area contributed by atoms with E-state index >= 15 is 0 Å². The minimum atomic E-state index is -0.198. The van der Waals surface area contributed by atoms with Crippen LogP contribution >= 0.6 is 11.3 Å². The SMILES string of the molecule is COC(=O)C1C(CNC(=O)c2cc3c(s2)CCNC3)C1c1ccccc1. The fourth-order valence-electron chi connectivity index (χ4n) is 3.88. The van der Waals surface area contributed by atoms with E-state index < -0.39 is 0 Å². The molecule has 0 bridgehead atoms. The number of carbonyl (C=O) groups is 2. The predicted molar refractivity (Wildman–Crippen MR) is 100 cm³/mol. The third-order valence-corrected chi connectivity index (χ3v) is 6.53. The molecule has 0 spiro atoms. The van der Waals surface area contributed by atoms with Crippen molar-refractivity contribution in [2.75, 3.05) is 20.2 Å². The molecule has 2 heterocycles. The lowest BCUT2D eigenvalue weighted by Crippen LogP contribution is -2.26. The van der Waals surface area contributed by atoms with E-state index in [-0.39, 0.29) is 29.6 Å². The molecule has 1 amide bonds. The molecule has 136 valence electrons. The summed E-state index contributed by atoms with van der Waals surface area (Å²) in [6, 6.07) is 12.0. The zero-order valence-corrected chi connectivity index (χ0v) is 15.5. The Morgan fingerprint density at radius 2 is 2.12 bits per heavy atom. The Balaban J connectivity index is 1.42. The van der Waals surface area contributed by atoms with Crippen LogP contribution in [0.2, 0.25) is 0 Å². The highest BCUT2D eigenvalue weighted by atomic mass is 32.1. The van der Waals surface area contributed by atoms with Crippen molar-refractivity contribution in [3.63, 3.8) is 0 Å². The lowest BCUT2D eigenvalue weighted by molar-refractivity contribution is -0.142. The average Bonchev–Trinajstić information content (AvgIpc) is 3.24. The van der Waals surface area contributed by atoms with Crippen molar-refractivity contribution in [1.29, 1.82) is 0 Å². The number of carbonyl (C=O) groups excluding carboxylic acids is 2. The number of rotatable bonds is 5. The van der Waals surface area contributed by atoms with Crippen LogP contribution in [0.4, 0.5) is 0 Å². The maximum Gasteiger partial charge on any atom is 0.309 e. The first kappa shape index (κ1) is 17.2. The first-order valence-electron chi connectivity index (χ1n) is 8.92. The number of benzene rings is 1. The molecule has 1 fully saturated rings. The Morgan fingerprint density at radius 3 is 2.85 bits per heavy atom. The van der Waals surface area contributed by atoms with E-state index in [2.05, 4.69) is 10.6 Å². The summed E-state index contributed by atoms with van der Waals surface area (Å²) < 4.78 is 4.95. The van der Waals surface area contributed by atoms with Crippen LogP contribution in [0.3, 0.4) is 0 Å². The van der Waals surface area contributed by atoms with Gasteiger partial charge in [0.2, 0.25) is 0 Å². The molecule has 1 saturated carbocycles. The van der Waals surface area contributed by atoms with E-state index in [4.69, 9.17) is 4.74 Å². The van der Waals surface area contributed by atoms with Crippen LogP contribution in [0.25, 0.3) is 0 Å². The fourth-order valence-corrected chi connectivity index (χ4v) is 4.98. The Labute approximate surface area is 156 Å². The second-order valence-electron chi connectivity index (χ2n) is 6.85. The average molecular weight is 370 g/mol. The monoisotopic (exact) mass is 370 g/mol. The van der Waals surface area contributed by atoms with Gasteiger partial charge in [0.1, 0.15) is 0 Å². The summed E-state index contributed by atoms with van der Waals surface area (Å²) in [4.78, 5) is 26.7. The number of esters is 1. The summed E-state index contributed by atoms with van der Waals surface area (Å²) in [5, 5.41) is 6.35. The molecule has 3 atom stereocenters. The molecule has 5 nitrogen and oxygen atoms in total. The maximum absolute atomic E-state index is 12.5. The van der Waals surface area contributed by atoms with Gasteiger partial charge in [-0.15, -0.1) is 11.3 Å². The lowest BCUT2D eigenvalue weighted by Gasteiger charge is -2.10. The number of ether oxygens (including phenoxy) is 1. The van der Waals surface area contributed by atoms with Gasteiger partial charge in [0, 0.05) is 30.4 Å². The number of fused-ring (bicyclic) bond motifs is 1. The van der Waals surface area contributed by atoms with Crippen LogP contribution < -0.4 is 10.6 Å². The number of amides is 1. The molecule has 2 aliphatic rings. The molecule has 2 aromatic rings. The summed E-state index contributed by atoms with van der Waals surface area (Å²) in [6.45, 7) is 2.29. The number of hydrogen-bond donors (Lipinski definition) is 2. The van der Waals surface area contributed by atoms with E-state index in [9.17, 15) is 9.59 Å². The molecule has 0 saturated heterocycles. The van der Waals surface area contributed by atoms with Gasteiger partial charge in [-0.1, -0.05) is 30.3 Å². The molecule has 1 aliphatic heterocycles. The molecule has 2 N–H and O–H groups in total. The van der Waals surface area contributed by atoms with E-state index in [0.29, 0.717) is 6.54 Å². The molecule has 1 aromatic heterocycles. The van der Waals surface area contributed by atoms with E-state index in [1.54, 1.807) is 11.3 Å². The van der Waals surface area contributed by atoms with E-state index in [1.807, 2.05) is 36.4 Å². The van der Waals surface area contributed by atoms with Crippen molar-refractivity contribution in [2.24, 2.45) is 11.8 Å². The minimum Gasteiger partial charge on any atom is -0.469 e. The minimum absolute atomic E-state index is 0.0493. The van der Waals surface area contributed by atoms with Gasteiger partial charge in [-0.25, -0.2) is 0 Å². The molecule has 26 heavy (non-hydrogen) atoms. The van der Waals surface area contributed by atoms with Gasteiger partial charge in [-0.3, -0.25) is 9.59 Å². The number of nitrogens with one attached hydrogen (secondary N) is 2. The number of thiophene rings is 1. The van der Waals surface area contributed by atoms with Crippen molar-refractivity contribution < 1.29 is 14.3 Å². The molecule has 3 unspecified atom stereocenters. The van der Waals surface area contributed by atoms with Gasteiger partial charge in [0.05, 0.1) is 17.9 Å². The molecule has 4 rings (SSSR count). The largest absolute Gasteiger partial charge is 0.469 e. The smallest absolute Gasteiger partial charge is 0.309 e. The molecular weight excluding hydrogens is 348 g/mol. The molecular formula is C20H22N2O3S. The normalized spacial score (nSPS) is 23.8. The topological polar surface area (TPSA) is 67.4 Å². The Bertz CT molecular complexity index is 794. The molecule has 1 aromatic carbocycles. The van der Waals surface area contributed by atoms with Crippen LogP contribution in [0.5, 0.6) is 0 Å². The summed E-state index contributed by atoms with van der Waals surface area (Å²) >= 11 is 1.58. The second-order valence-corrected chi connectivity index (χ2v) is 7.98. The zero-order valence-electron chi connectivity index (χ0n) is 14.7. The van der Waals surface area contributed by atoms with Crippen molar-refractivity contribution >= 4 is 23.2 Å². The quantitative estimate of drug-likeness (QED) is 0.793. The first-order valence-corrected chi connectivity index (χ1v) is 9.74. The molecule has 0 radical (unpaired) electrons. The van der Waals surface area contributed by atoms with Gasteiger partial charge in [0.25, 0.3) is 5.91 Å². The van der Waals surface area contributed by atoms with Gasteiger partial charge in [0.15, 0.2) is 0 Å². The van der Waals surface area contributed by atoms with Crippen LogP contribution in [-0.4, -0.2) is 32.1 Å². The van der Waals surface area contributed by atoms with Crippen LogP contribution in [0.1, 0.15) is 31.6 Å². The lowest BCUT2D eigenvalue weighted by atomic mass is 10.1. The Morgan fingerprint density at radius 1 is 1.31 bits per heavy atom. The van der Waals surface area contributed by atoms with Gasteiger partial charge in [-0.2, -0.15) is 0 Å². The summed E-state index contributed by atoms with van der Waals surface area (Å²) in [5.41, 5.74) is 2.35. The van der Waals surface area contributed by atoms with Crippen LogP contribution in [0, 0.1) is 11.8 Å². The summed E-state index contributed by atoms with van der Waals surface area (Å²) in [6.07, 6.45) is 0.983. The third-order valence-electron chi connectivity index (χ3n) is 5.29. The van der Waals surface area contributed by atoms with Crippen LogP contribution in [-0.2, 0) is 22.5 Å². The van der Waals surface area contributed by atoms with E-state index in [0.717, 1.165) is 30.0 Å². The standard InChI is InChI=1S/C20H22N2O3S/c1-25-20(24)18-14(17(18)12-5-3-2-4-6-12)11-22-19(23)16-9-13-10-21-8-7-15(13)26-16/h2-6,9,14,17-18,21H,7-8,10-11H2,1H3,(H,22,23). The zero-order chi connectivity index (χ0) is 18.1. The van der Waals surface area contributed by atoms with E-state index in [1.165, 1.54) is 17.6 Å². The maximum atomic E-state index is 12.5. The van der Waals surface area contributed by atoms with Crippen molar-refractivity contribution in [3.05, 3.63) is 57.3 Å². The molecule has 6 heteroatoms. The van der Waals surface area contributed by atoms with Crippen molar-refractivity contribution in [3.8, 4) is 0 Å². The van der Waals surface area contributed by atoms with Gasteiger partial charge < -0.3 is 15.4 Å².